The molecule has 0 heterocycles. The van der Waals surface area contributed by atoms with Crippen LogP contribution in [0.2, 0.25) is 0 Å². The number of nitrogens with zero attached hydrogens (tertiary/aromatic N) is 1. The van der Waals surface area contributed by atoms with E-state index < -0.39 is 26.5 Å². The van der Waals surface area contributed by atoms with Crippen LogP contribution in [0.3, 0.4) is 0 Å². The van der Waals surface area contributed by atoms with Gasteiger partial charge in [-0.05, 0) is 96.3 Å². The highest BCUT2D eigenvalue weighted by Crippen LogP contribution is 2.43. The van der Waals surface area contributed by atoms with Crippen molar-refractivity contribution in [2.24, 2.45) is 0 Å². The molecule has 2 unspecified atom stereocenters. The van der Waals surface area contributed by atoms with Gasteiger partial charge in [-0.3, -0.25) is 18.6 Å². The summed E-state index contributed by atoms with van der Waals surface area (Å²) in [5.41, 5.74) is 0. The van der Waals surface area contributed by atoms with Gasteiger partial charge >= 0.3 is 19.8 Å². The largest absolute Gasteiger partial charge is 0.472 e. The van der Waals surface area contributed by atoms with Gasteiger partial charge in [-0.1, -0.05) is 282 Å². The van der Waals surface area contributed by atoms with Gasteiger partial charge in [0.15, 0.2) is 6.10 Å². The predicted molar refractivity (Wildman–Crippen MR) is 353 cm³/mol. The third-order valence-electron chi connectivity index (χ3n) is 13.7. The Morgan fingerprint density at radius 3 is 1.02 bits per heavy atom. The molecule has 0 fully saturated rings. The van der Waals surface area contributed by atoms with Crippen LogP contribution in [-0.2, 0) is 32.7 Å². The maximum atomic E-state index is 12.8. The molecule has 0 bridgehead atoms. The Labute approximate surface area is 504 Å². The van der Waals surface area contributed by atoms with Crippen LogP contribution in [0.15, 0.2) is 134 Å². The number of carbonyl (C=O) groups is 2. The lowest BCUT2D eigenvalue weighted by molar-refractivity contribution is -0.870. The molecule has 0 radical (unpaired) electrons. The van der Waals surface area contributed by atoms with Crippen molar-refractivity contribution in [1.82, 2.24) is 0 Å². The number of hydrogen-bond acceptors (Lipinski definition) is 7. The molecule has 0 aromatic heterocycles. The molecule has 0 amide bonds. The quantitative estimate of drug-likeness (QED) is 0.0211. The van der Waals surface area contributed by atoms with Gasteiger partial charge < -0.3 is 18.9 Å². The lowest BCUT2D eigenvalue weighted by atomic mass is 10.0. The number of ether oxygens (including phenoxy) is 2. The van der Waals surface area contributed by atoms with Gasteiger partial charge in [-0.15, -0.1) is 0 Å². The monoisotopic (exact) mass is 1160 g/mol. The van der Waals surface area contributed by atoms with E-state index >= 15 is 0 Å². The number of allylic oxidation sites excluding steroid dienone is 22. The molecule has 468 valence electrons. The molecule has 1 N–H and O–H groups in total. The summed E-state index contributed by atoms with van der Waals surface area (Å²) in [5, 5.41) is 0. The second kappa shape index (κ2) is 61.7. The SMILES string of the molecule is CC/C=C\C/C=C\C/C=C\C/C=C\C/C=C\C/C=C\CCC(=O)OC(COC(=O)CCCCCCCCCCCCCCCCCCCCCCCCC/C=C\C/C=C\C/C=C\C/C=C\C/C=C\CC)COP(=O)(O)OCC[N+](C)(C)C. The summed E-state index contributed by atoms with van der Waals surface area (Å²) >= 11 is 0. The first kappa shape index (κ1) is 78.1. The van der Waals surface area contributed by atoms with E-state index in [1.165, 1.54) is 135 Å². The Bertz CT molecular complexity index is 1850. The van der Waals surface area contributed by atoms with Crippen molar-refractivity contribution in [3.8, 4) is 0 Å². The van der Waals surface area contributed by atoms with Gasteiger partial charge in [0.2, 0.25) is 0 Å². The summed E-state index contributed by atoms with van der Waals surface area (Å²) in [6, 6.07) is 0. The van der Waals surface area contributed by atoms with Crippen molar-refractivity contribution in [2.45, 2.75) is 264 Å². The molecular weight excluding hydrogens is 1040 g/mol. The molecule has 0 rings (SSSR count). The fraction of sp³-hybridized carbons (Fsp3) is 0.667. The summed E-state index contributed by atoms with van der Waals surface area (Å²) in [6.45, 7) is 4.12. The smallest absolute Gasteiger partial charge is 0.462 e. The van der Waals surface area contributed by atoms with Crippen molar-refractivity contribution in [2.75, 3.05) is 47.5 Å². The van der Waals surface area contributed by atoms with Gasteiger partial charge in [-0.25, -0.2) is 4.57 Å². The highest BCUT2D eigenvalue weighted by molar-refractivity contribution is 7.47. The lowest BCUT2D eigenvalue weighted by Gasteiger charge is -2.24. The molecule has 0 spiro atoms. The van der Waals surface area contributed by atoms with E-state index in [9.17, 15) is 19.0 Å². The van der Waals surface area contributed by atoms with Crippen molar-refractivity contribution >= 4 is 19.8 Å². The van der Waals surface area contributed by atoms with Gasteiger partial charge in [0, 0.05) is 12.8 Å². The maximum Gasteiger partial charge on any atom is 0.472 e. The normalized spacial score (nSPS) is 14.1. The fourth-order valence-electron chi connectivity index (χ4n) is 8.72. The first-order valence-electron chi connectivity index (χ1n) is 32.9. The lowest BCUT2D eigenvalue weighted by Crippen LogP contribution is -2.37. The third kappa shape index (κ3) is 65.3. The first-order valence-corrected chi connectivity index (χ1v) is 34.4. The molecule has 0 aromatic carbocycles. The van der Waals surface area contributed by atoms with E-state index in [0.717, 1.165) is 89.9 Å². The van der Waals surface area contributed by atoms with Crippen LogP contribution in [0.25, 0.3) is 0 Å². The van der Waals surface area contributed by atoms with E-state index in [2.05, 4.69) is 135 Å². The second-order valence-electron chi connectivity index (χ2n) is 22.7. The fourth-order valence-corrected chi connectivity index (χ4v) is 9.46. The molecule has 82 heavy (non-hydrogen) atoms. The molecular formula is C72H123NO8P+. The zero-order chi connectivity index (χ0) is 59.8. The molecule has 2 atom stereocenters. The average molecular weight is 1160 g/mol. The first-order chi connectivity index (χ1) is 40.0. The number of phosphoric ester groups is 1. The zero-order valence-electron chi connectivity index (χ0n) is 53.2. The van der Waals surface area contributed by atoms with Crippen LogP contribution in [0.1, 0.15) is 258 Å². The summed E-state index contributed by atoms with van der Waals surface area (Å²) in [5.74, 6) is -0.895. The number of rotatable bonds is 59. The molecule has 0 saturated heterocycles. The van der Waals surface area contributed by atoms with Crippen LogP contribution >= 0.6 is 7.82 Å². The minimum Gasteiger partial charge on any atom is -0.462 e. The Morgan fingerprint density at radius 2 is 0.683 bits per heavy atom. The maximum absolute atomic E-state index is 12.8. The van der Waals surface area contributed by atoms with E-state index in [1.54, 1.807) is 0 Å². The summed E-state index contributed by atoms with van der Waals surface area (Å²) < 4.78 is 34.5. The van der Waals surface area contributed by atoms with E-state index in [4.69, 9.17) is 18.5 Å². The molecule has 0 aliphatic rings. The molecule has 0 saturated carbocycles. The van der Waals surface area contributed by atoms with Crippen molar-refractivity contribution in [1.29, 1.82) is 0 Å². The van der Waals surface area contributed by atoms with Crippen LogP contribution in [0.5, 0.6) is 0 Å². The average Bonchev–Trinajstić information content (AvgIpc) is 3.46. The number of esters is 2. The van der Waals surface area contributed by atoms with E-state index in [-0.39, 0.29) is 32.0 Å². The highest BCUT2D eigenvalue weighted by Gasteiger charge is 2.27. The number of quaternary nitrogens is 1. The van der Waals surface area contributed by atoms with Crippen LogP contribution in [-0.4, -0.2) is 74.9 Å². The van der Waals surface area contributed by atoms with Gasteiger partial charge in [0.05, 0.1) is 27.7 Å². The minimum absolute atomic E-state index is 0.0133. The highest BCUT2D eigenvalue weighted by atomic mass is 31.2. The summed E-state index contributed by atoms with van der Waals surface area (Å²) in [7, 11) is 1.42. The Hall–Kier alpha value is -3.85. The summed E-state index contributed by atoms with van der Waals surface area (Å²) in [6.07, 6.45) is 90.1. The number of hydrogen-bond donors (Lipinski definition) is 1. The zero-order valence-corrected chi connectivity index (χ0v) is 54.1. The molecule has 10 heteroatoms. The van der Waals surface area contributed by atoms with Crippen molar-refractivity contribution < 1.29 is 42.1 Å². The Morgan fingerprint density at radius 1 is 0.378 bits per heavy atom. The van der Waals surface area contributed by atoms with Crippen molar-refractivity contribution in [3.63, 3.8) is 0 Å². The number of likely N-dealkylation sites (N-methyl/N-ethyl adjacent to an activating group) is 1. The second-order valence-corrected chi connectivity index (χ2v) is 24.2. The predicted octanol–water partition coefficient (Wildman–Crippen LogP) is 21.3. The standard InChI is InChI=1S/C72H122NO8P/c1-6-8-10-12-14-16-18-20-22-24-26-27-28-29-30-31-32-33-34-35-36-37-38-39-40-41-42-43-44-45-47-48-50-52-54-56-58-60-62-64-71(74)78-68-70(69-80-82(76,77)79-67-66-73(3,4)5)81-72(75)65-63-61-59-57-55-53-51-49-46-25-23-21-19-17-15-13-11-9-7-2/h8-11,14-17,20-23,26-27,29-30,46,49,53,55,59,61,70H,6-7,12-13,18-19,24-25,28,31-45,47-48,50-52,54,56-58,60,62-69H2,1-5H3/p+1/b10-8-,11-9-,16-14-,17-15-,22-20-,23-21-,27-26-,30-29-,49-46-,55-53-,61-59-. The van der Waals surface area contributed by atoms with Crippen molar-refractivity contribution in [3.05, 3.63) is 134 Å². The number of phosphoric acid groups is 1. The van der Waals surface area contributed by atoms with Gasteiger partial charge in [-0.2, -0.15) is 0 Å². The Kier molecular flexibility index (Phi) is 58.8. The van der Waals surface area contributed by atoms with Crippen LogP contribution in [0.4, 0.5) is 0 Å². The van der Waals surface area contributed by atoms with Crippen LogP contribution < -0.4 is 0 Å². The Balaban J connectivity index is 4.02. The van der Waals surface area contributed by atoms with Crippen LogP contribution in [0, 0.1) is 0 Å². The summed E-state index contributed by atoms with van der Waals surface area (Å²) in [4.78, 5) is 35.7. The molecule has 0 aliphatic heterocycles. The van der Waals surface area contributed by atoms with Gasteiger partial charge in [0.1, 0.15) is 19.8 Å². The van der Waals surface area contributed by atoms with Gasteiger partial charge in [0.25, 0.3) is 0 Å². The topological polar surface area (TPSA) is 108 Å². The number of unbranched alkanes of at least 4 members (excludes halogenated alkanes) is 23. The minimum atomic E-state index is -4.41. The van der Waals surface area contributed by atoms with E-state index in [1.807, 2.05) is 33.3 Å². The molecule has 0 aromatic rings. The third-order valence-corrected chi connectivity index (χ3v) is 14.7. The molecule has 0 aliphatic carbocycles. The van der Waals surface area contributed by atoms with E-state index in [0.29, 0.717) is 17.4 Å². The number of carbonyl (C=O) groups excluding carboxylic acids is 2. The molecule has 9 nitrogen and oxygen atoms in total.